The molecule has 154 valence electrons. The van der Waals surface area contributed by atoms with Gasteiger partial charge in [-0.25, -0.2) is 4.98 Å². The van der Waals surface area contributed by atoms with Crippen molar-refractivity contribution in [2.45, 2.75) is 45.3 Å². The first kappa shape index (κ1) is 18.7. The smallest absolute Gasteiger partial charge is 0.226 e. The van der Waals surface area contributed by atoms with Crippen LogP contribution in [-0.2, 0) is 11.2 Å². The predicted octanol–water partition coefficient (Wildman–Crippen LogP) is 3.27. The first-order valence-electron chi connectivity index (χ1n) is 10.9. The summed E-state index contributed by atoms with van der Waals surface area (Å²) in [7, 11) is 0. The summed E-state index contributed by atoms with van der Waals surface area (Å²) in [4.78, 5) is 12.0. The van der Waals surface area contributed by atoms with E-state index in [0.717, 1.165) is 43.3 Å². The minimum atomic E-state index is 0.480. The molecule has 4 atom stereocenters. The average molecular weight is 395 g/mol. The molecule has 4 unspecified atom stereocenters. The molecule has 0 saturated carbocycles. The minimum absolute atomic E-state index is 0.480. The third kappa shape index (κ3) is 3.66. The van der Waals surface area contributed by atoms with Crippen LogP contribution in [0.2, 0.25) is 0 Å². The van der Waals surface area contributed by atoms with Crippen LogP contribution >= 0.6 is 0 Å². The summed E-state index contributed by atoms with van der Waals surface area (Å²) in [6, 6.07) is 8.25. The maximum absolute atomic E-state index is 6.11. The number of rotatable bonds is 5. The van der Waals surface area contributed by atoms with Gasteiger partial charge in [0.1, 0.15) is 6.26 Å². The summed E-state index contributed by atoms with van der Waals surface area (Å²) in [6.45, 7) is 7.94. The van der Waals surface area contributed by atoms with Crippen LogP contribution in [0.15, 0.2) is 39.9 Å². The Hall–Kier alpha value is -2.34. The van der Waals surface area contributed by atoms with Crippen molar-refractivity contribution in [2.75, 3.05) is 26.2 Å². The minimum Gasteiger partial charge on any atom is -0.444 e. The number of nitrogens with one attached hydrogen (secondary N) is 1. The van der Waals surface area contributed by atoms with Gasteiger partial charge >= 0.3 is 0 Å². The number of aromatic nitrogens is 1. The van der Waals surface area contributed by atoms with Crippen LogP contribution in [-0.4, -0.2) is 54.2 Å². The van der Waals surface area contributed by atoms with E-state index in [-0.39, 0.29) is 0 Å². The normalized spacial score (nSPS) is 28.2. The number of oxazole rings is 1. The Morgan fingerprint density at radius 1 is 1.17 bits per heavy atom. The molecular formula is C23H30N4O2. The Bertz CT molecular complexity index is 857. The summed E-state index contributed by atoms with van der Waals surface area (Å²) in [5.74, 6) is 3.08. The van der Waals surface area contributed by atoms with Crippen LogP contribution < -0.4 is 5.32 Å². The lowest BCUT2D eigenvalue weighted by atomic mass is 9.82. The standard InChI is InChI=1S/C23H30N4O2/c1-3-24-23(27-12-18-19(13-27)21-9-8-20(18)29-21)25-11-10-17-14-28-22(26-17)16-6-4-15(2)5-7-16/h4-7,14,18-21H,3,8-13H2,1-2H3,(H,24,25). The molecule has 6 heteroatoms. The number of benzene rings is 1. The number of aliphatic imine (C=N–C) groups is 1. The third-order valence-corrected chi connectivity index (χ3v) is 6.57. The molecule has 4 heterocycles. The summed E-state index contributed by atoms with van der Waals surface area (Å²) < 4.78 is 11.8. The van der Waals surface area contributed by atoms with Crippen LogP contribution in [0.4, 0.5) is 0 Å². The van der Waals surface area contributed by atoms with Gasteiger partial charge in [0, 0.05) is 50.0 Å². The number of fused-ring (bicyclic) bond motifs is 5. The zero-order valence-electron chi connectivity index (χ0n) is 17.3. The van der Waals surface area contributed by atoms with Crippen LogP contribution in [0.1, 0.15) is 31.0 Å². The number of ether oxygens (including phenoxy) is 1. The van der Waals surface area contributed by atoms with E-state index < -0.39 is 0 Å². The Labute approximate surface area is 172 Å². The van der Waals surface area contributed by atoms with Gasteiger partial charge in [0.25, 0.3) is 0 Å². The molecule has 0 amide bonds. The Morgan fingerprint density at radius 2 is 1.90 bits per heavy atom. The molecule has 0 radical (unpaired) electrons. The van der Waals surface area contributed by atoms with Gasteiger partial charge in [-0.1, -0.05) is 17.7 Å². The van der Waals surface area contributed by atoms with Crippen LogP contribution in [0.25, 0.3) is 11.5 Å². The van der Waals surface area contributed by atoms with Gasteiger partial charge in [-0.2, -0.15) is 0 Å². The van der Waals surface area contributed by atoms with E-state index in [4.69, 9.17) is 14.1 Å². The zero-order chi connectivity index (χ0) is 19.8. The molecule has 3 aliphatic rings. The van der Waals surface area contributed by atoms with Crippen molar-refractivity contribution in [3.05, 3.63) is 41.8 Å². The highest BCUT2D eigenvalue weighted by Gasteiger charge is 2.53. The van der Waals surface area contributed by atoms with E-state index in [1.807, 2.05) is 12.1 Å². The second-order valence-corrected chi connectivity index (χ2v) is 8.52. The van der Waals surface area contributed by atoms with Gasteiger partial charge < -0.3 is 19.4 Å². The van der Waals surface area contributed by atoms with Crippen LogP contribution in [0.5, 0.6) is 0 Å². The van der Waals surface area contributed by atoms with E-state index in [0.29, 0.717) is 36.5 Å². The van der Waals surface area contributed by atoms with Crippen molar-refractivity contribution in [1.82, 2.24) is 15.2 Å². The van der Waals surface area contributed by atoms with Crippen molar-refractivity contribution in [3.63, 3.8) is 0 Å². The molecule has 2 aromatic rings. The highest BCUT2D eigenvalue weighted by atomic mass is 16.5. The van der Waals surface area contributed by atoms with E-state index in [9.17, 15) is 0 Å². The number of guanidine groups is 1. The fourth-order valence-corrected chi connectivity index (χ4v) is 5.09. The number of nitrogens with zero attached hydrogens (tertiary/aromatic N) is 3. The quantitative estimate of drug-likeness (QED) is 0.623. The fourth-order valence-electron chi connectivity index (χ4n) is 5.09. The van der Waals surface area contributed by atoms with E-state index >= 15 is 0 Å². The van der Waals surface area contributed by atoms with Crippen LogP contribution in [0, 0.1) is 18.8 Å². The third-order valence-electron chi connectivity index (χ3n) is 6.57. The molecule has 0 aliphatic carbocycles. The Morgan fingerprint density at radius 3 is 2.59 bits per heavy atom. The molecule has 3 aliphatic heterocycles. The van der Waals surface area contributed by atoms with Crippen molar-refractivity contribution in [2.24, 2.45) is 16.8 Å². The lowest BCUT2D eigenvalue weighted by Gasteiger charge is -2.23. The predicted molar refractivity (Wildman–Crippen MR) is 113 cm³/mol. The molecule has 0 spiro atoms. The van der Waals surface area contributed by atoms with E-state index in [1.165, 1.54) is 18.4 Å². The average Bonchev–Trinajstić information content (AvgIpc) is 3.49. The zero-order valence-corrected chi connectivity index (χ0v) is 17.3. The molecule has 5 rings (SSSR count). The van der Waals surface area contributed by atoms with Crippen molar-refractivity contribution in [3.8, 4) is 11.5 Å². The van der Waals surface area contributed by atoms with Crippen LogP contribution in [0.3, 0.4) is 0 Å². The number of hydrogen-bond acceptors (Lipinski definition) is 4. The van der Waals surface area contributed by atoms with Gasteiger partial charge in [-0.15, -0.1) is 0 Å². The SMILES string of the molecule is CCNC(=NCCc1coc(-c2ccc(C)cc2)n1)N1CC2C3CCC(O3)C2C1. The lowest BCUT2D eigenvalue weighted by molar-refractivity contribution is 0.0767. The largest absolute Gasteiger partial charge is 0.444 e. The maximum Gasteiger partial charge on any atom is 0.226 e. The van der Waals surface area contributed by atoms with Gasteiger partial charge in [-0.3, -0.25) is 4.99 Å². The van der Waals surface area contributed by atoms with Gasteiger partial charge in [0.05, 0.1) is 17.9 Å². The van der Waals surface area contributed by atoms with E-state index in [2.05, 4.69) is 41.2 Å². The number of likely N-dealkylation sites (tertiary alicyclic amines) is 1. The molecule has 3 saturated heterocycles. The molecule has 3 fully saturated rings. The first-order chi connectivity index (χ1) is 14.2. The second-order valence-electron chi connectivity index (χ2n) is 8.52. The highest BCUT2D eigenvalue weighted by Crippen LogP contribution is 2.47. The van der Waals surface area contributed by atoms with Crippen molar-refractivity contribution in [1.29, 1.82) is 0 Å². The molecule has 6 nitrogen and oxygen atoms in total. The summed E-state index contributed by atoms with van der Waals surface area (Å²) in [6.07, 6.45) is 5.97. The second kappa shape index (κ2) is 7.82. The molecule has 1 N–H and O–H groups in total. The monoisotopic (exact) mass is 394 g/mol. The Kier molecular flexibility index (Phi) is 5.04. The maximum atomic E-state index is 6.11. The summed E-state index contributed by atoms with van der Waals surface area (Å²) in [5, 5.41) is 3.48. The van der Waals surface area contributed by atoms with Gasteiger partial charge in [0.15, 0.2) is 5.96 Å². The lowest BCUT2D eigenvalue weighted by Crippen LogP contribution is -2.41. The van der Waals surface area contributed by atoms with Gasteiger partial charge in [0.2, 0.25) is 5.89 Å². The van der Waals surface area contributed by atoms with Crippen molar-refractivity contribution < 1.29 is 9.15 Å². The van der Waals surface area contributed by atoms with Gasteiger partial charge in [-0.05, 0) is 38.8 Å². The molecule has 1 aromatic heterocycles. The summed E-state index contributed by atoms with van der Waals surface area (Å²) in [5.41, 5.74) is 3.19. The number of hydrogen-bond donors (Lipinski definition) is 1. The fraction of sp³-hybridized carbons (Fsp3) is 0.565. The number of aryl methyl sites for hydroxylation is 1. The topological polar surface area (TPSA) is 62.9 Å². The molecule has 2 bridgehead atoms. The molecule has 29 heavy (non-hydrogen) atoms. The highest BCUT2D eigenvalue weighted by molar-refractivity contribution is 5.80. The Balaban J connectivity index is 1.21. The first-order valence-corrected chi connectivity index (χ1v) is 10.9. The summed E-state index contributed by atoms with van der Waals surface area (Å²) >= 11 is 0. The molecule has 1 aromatic carbocycles. The van der Waals surface area contributed by atoms with E-state index in [1.54, 1.807) is 6.26 Å². The molecular weight excluding hydrogens is 364 g/mol. The van der Waals surface area contributed by atoms with Crippen molar-refractivity contribution >= 4 is 5.96 Å².